The third-order valence-electron chi connectivity index (χ3n) is 4.35. The Morgan fingerprint density at radius 3 is 2.50 bits per heavy atom. The Morgan fingerprint density at radius 2 is 1.89 bits per heavy atom. The molecule has 1 aromatic carbocycles. The highest BCUT2D eigenvalue weighted by Gasteiger charge is 2.40. The van der Waals surface area contributed by atoms with Crippen molar-refractivity contribution >= 4 is 0 Å². The molecule has 0 saturated heterocycles. The first-order valence-electron chi connectivity index (χ1n) is 7.20. The number of nitrogens with one attached hydrogen (secondary N) is 1. The van der Waals surface area contributed by atoms with Crippen LogP contribution in [0.15, 0.2) is 18.2 Å². The van der Waals surface area contributed by atoms with Gasteiger partial charge >= 0.3 is 0 Å². The number of benzene rings is 1. The summed E-state index contributed by atoms with van der Waals surface area (Å²) in [6.07, 6.45) is 5.67. The van der Waals surface area contributed by atoms with E-state index in [0.29, 0.717) is 6.54 Å². The molecule has 0 amide bonds. The van der Waals surface area contributed by atoms with Crippen molar-refractivity contribution in [2.75, 3.05) is 6.54 Å². The van der Waals surface area contributed by atoms with Crippen LogP contribution in [-0.4, -0.2) is 6.54 Å². The summed E-state index contributed by atoms with van der Waals surface area (Å²) < 4.78 is 13.6. The van der Waals surface area contributed by atoms with Crippen LogP contribution in [0.5, 0.6) is 0 Å². The van der Waals surface area contributed by atoms with Gasteiger partial charge in [-0.25, -0.2) is 4.39 Å². The van der Waals surface area contributed by atoms with Gasteiger partial charge in [0.15, 0.2) is 0 Å². The summed E-state index contributed by atoms with van der Waals surface area (Å²) in [4.78, 5) is 0. The van der Waals surface area contributed by atoms with Crippen LogP contribution in [-0.2, 0) is 6.54 Å². The van der Waals surface area contributed by atoms with E-state index in [2.05, 4.69) is 5.32 Å². The van der Waals surface area contributed by atoms with Gasteiger partial charge in [-0.3, -0.25) is 0 Å². The third-order valence-corrected chi connectivity index (χ3v) is 4.35. The standard InChI is InChI=1S/C16H22FN/c1-11-2-7-16(17)14(8-11)9-18-10-15(12-3-4-12)13-5-6-13/h2,7-8,12-13,15,18H,3-6,9-10H2,1H3. The summed E-state index contributed by atoms with van der Waals surface area (Å²) in [7, 11) is 0. The molecule has 0 spiro atoms. The minimum atomic E-state index is -0.0810. The summed E-state index contributed by atoms with van der Waals surface area (Å²) in [5.74, 6) is 2.71. The molecule has 2 aliphatic rings. The maximum Gasteiger partial charge on any atom is 0.127 e. The maximum atomic E-state index is 13.6. The Labute approximate surface area is 109 Å². The molecule has 1 N–H and O–H groups in total. The zero-order valence-corrected chi connectivity index (χ0v) is 11.1. The van der Waals surface area contributed by atoms with Gasteiger partial charge in [-0.1, -0.05) is 17.7 Å². The van der Waals surface area contributed by atoms with E-state index >= 15 is 0 Å². The Morgan fingerprint density at radius 1 is 1.22 bits per heavy atom. The van der Waals surface area contributed by atoms with Gasteiger partial charge in [-0.2, -0.15) is 0 Å². The topological polar surface area (TPSA) is 12.0 Å². The third kappa shape index (κ3) is 2.92. The molecule has 18 heavy (non-hydrogen) atoms. The van der Waals surface area contributed by atoms with Gasteiger partial charge in [0, 0.05) is 12.1 Å². The van der Waals surface area contributed by atoms with Crippen LogP contribution in [0.25, 0.3) is 0 Å². The quantitative estimate of drug-likeness (QED) is 0.809. The first kappa shape index (κ1) is 12.2. The Hall–Kier alpha value is -0.890. The number of aryl methyl sites for hydroxylation is 1. The zero-order chi connectivity index (χ0) is 12.5. The monoisotopic (exact) mass is 247 g/mol. The molecule has 0 radical (unpaired) electrons. The van der Waals surface area contributed by atoms with E-state index in [4.69, 9.17) is 0 Å². The molecule has 0 unspecified atom stereocenters. The molecule has 2 fully saturated rings. The van der Waals surface area contributed by atoms with Crippen molar-refractivity contribution in [1.82, 2.24) is 5.32 Å². The lowest BCUT2D eigenvalue weighted by Crippen LogP contribution is -2.25. The molecule has 1 aromatic rings. The van der Waals surface area contributed by atoms with Crippen LogP contribution < -0.4 is 5.32 Å². The van der Waals surface area contributed by atoms with Gasteiger partial charge in [0.05, 0.1) is 0 Å². The SMILES string of the molecule is Cc1ccc(F)c(CNCC(C2CC2)C2CC2)c1. The molecule has 0 aromatic heterocycles. The fraction of sp³-hybridized carbons (Fsp3) is 0.625. The molecule has 2 heteroatoms. The predicted molar refractivity (Wildman–Crippen MR) is 71.8 cm³/mol. The minimum absolute atomic E-state index is 0.0810. The molecule has 0 atom stereocenters. The fourth-order valence-corrected chi connectivity index (χ4v) is 2.98. The van der Waals surface area contributed by atoms with E-state index in [-0.39, 0.29) is 5.82 Å². The lowest BCUT2D eigenvalue weighted by Gasteiger charge is -2.16. The molecule has 2 saturated carbocycles. The second kappa shape index (κ2) is 5.00. The fourth-order valence-electron chi connectivity index (χ4n) is 2.98. The first-order valence-corrected chi connectivity index (χ1v) is 7.20. The van der Waals surface area contributed by atoms with Gasteiger partial charge in [0.2, 0.25) is 0 Å². The second-order valence-electron chi connectivity index (χ2n) is 6.06. The van der Waals surface area contributed by atoms with Crippen molar-refractivity contribution in [3.8, 4) is 0 Å². The van der Waals surface area contributed by atoms with Crippen molar-refractivity contribution in [2.24, 2.45) is 17.8 Å². The molecule has 1 nitrogen and oxygen atoms in total. The molecule has 0 aliphatic heterocycles. The highest BCUT2D eigenvalue weighted by Crippen LogP contribution is 2.48. The average molecular weight is 247 g/mol. The number of hydrogen-bond donors (Lipinski definition) is 1. The largest absolute Gasteiger partial charge is 0.312 e. The summed E-state index contributed by atoms with van der Waals surface area (Å²) in [5.41, 5.74) is 1.94. The molecule has 0 heterocycles. The lowest BCUT2D eigenvalue weighted by molar-refractivity contribution is 0.377. The first-order chi connectivity index (χ1) is 8.74. The van der Waals surface area contributed by atoms with Gasteiger partial charge in [0.1, 0.15) is 5.82 Å². The van der Waals surface area contributed by atoms with Crippen LogP contribution in [0.2, 0.25) is 0 Å². The second-order valence-corrected chi connectivity index (χ2v) is 6.06. The normalized spacial score (nSPS) is 19.5. The summed E-state index contributed by atoms with van der Waals surface area (Å²) in [5, 5.41) is 3.47. The van der Waals surface area contributed by atoms with Crippen LogP contribution in [0.1, 0.15) is 36.8 Å². The van der Waals surface area contributed by atoms with E-state index < -0.39 is 0 Å². The highest BCUT2D eigenvalue weighted by atomic mass is 19.1. The van der Waals surface area contributed by atoms with E-state index in [1.807, 2.05) is 19.1 Å². The smallest absolute Gasteiger partial charge is 0.127 e. The molecular formula is C16H22FN. The van der Waals surface area contributed by atoms with Gasteiger partial charge < -0.3 is 5.32 Å². The van der Waals surface area contributed by atoms with Crippen LogP contribution >= 0.6 is 0 Å². The highest BCUT2D eigenvalue weighted by molar-refractivity contribution is 5.23. The van der Waals surface area contributed by atoms with Gasteiger partial charge in [-0.15, -0.1) is 0 Å². The lowest BCUT2D eigenvalue weighted by atomic mass is 9.98. The summed E-state index contributed by atoms with van der Waals surface area (Å²) in [6, 6.07) is 5.35. The van der Waals surface area contributed by atoms with E-state index in [9.17, 15) is 4.39 Å². The van der Waals surface area contributed by atoms with Crippen molar-refractivity contribution in [1.29, 1.82) is 0 Å². The summed E-state index contributed by atoms with van der Waals surface area (Å²) in [6.45, 7) is 3.76. The number of halogens is 1. The minimum Gasteiger partial charge on any atom is -0.312 e. The maximum absolute atomic E-state index is 13.6. The number of hydrogen-bond acceptors (Lipinski definition) is 1. The zero-order valence-electron chi connectivity index (χ0n) is 11.1. The predicted octanol–water partition coefficient (Wildman–Crippen LogP) is 3.66. The van der Waals surface area contributed by atoms with E-state index in [1.165, 1.54) is 25.7 Å². The van der Waals surface area contributed by atoms with Crippen LogP contribution in [0, 0.1) is 30.5 Å². The Balaban J connectivity index is 1.52. The number of rotatable bonds is 6. The van der Waals surface area contributed by atoms with Crippen molar-refractivity contribution in [2.45, 2.75) is 39.2 Å². The van der Waals surface area contributed by atoms with Gasteiger partial charge in [-0.05, 0) is 63.0 Å². The molecule has 2 aliphatic carbocycles. The molecule has 98 valence electrons. The summed E-state index contributed by atoms with van der Waals surface area (Å²) >= 11 is 0. The average Bonchev–Trinajstić information content (AvgIpc) is 3.22. The molecular weight excluding hydrogens is 225 g/mol. The van der Waals surface area contributed by atoms with Gasteiger partial charge in [0.25, 0.3) is 0 Å². The van der Waals surface area contributed by atoms with E-state index in [1.54, 1.807) is 6.07 Å². The Bertz CT molecular complexity index is 409. The van der Waals surface area contributed by atoms with Crippen molar-refractivity contribution in [3.63, 3.8) is 0 Å². The molecule has 3 rings (SSSR count). The van der Waals surface area contributed by atoms with E-state index in [0.717, 1.165) is 35.4 Å². The van der Waals surface area contributed by atoms with Crippen LogP contribution in [0.3, 0.4) is 0 Å². The van der Waals surface area contributed by atoms with Crippen LogP contribution in [0.4, 0.5) is 4.39 Å². The van der Waals surface area contributed by atoms with Crippen molar-refractivity contribution in [3.05, 3.63) is 35.1 Å². The Kier molecular flexibility index (Phi) is 3.38. The van der Waals surface area contributed by atoms with Crippen molar-refractivity contribution < 1.29 is 4.39 Å². The molecule has 0 bridgehead atoms.